The van der Waals surface area contributed by atoms with Gasteiger partial charge in [-0.05, 0) is 91.3 Å². The van der Waals surface area contributed by atoms with Gasteiger partial charge in [0.1, 0.15) is 17.6 Å². The van der Waals surface area contributed by atoms with E-state index < -0.39 is 53.8 Å². The van der Waals surface area contributed by atoms with Crippen LogP contribution < -0.4 is 21.1 Å². The number of nitrogens with one attached hydrogen (secondary N) is 2. The molecule has 14 heteroatoms. The lowest BCUT2D eigenvalue weighted by molar-refractivity contribution is -0.260. The summed E-state index contributed by atoms with van der Waals surface area (Å²) in [5.41, 5.74) is 3.36. The van der Waals surface area contributed by atoms with Crippen LogP contribution in [0.25, 0.3) is 16.6 Å². The first-order chi connectivity index (χ1) is 22.5. The van der Waals surface area contributed by atoms with Crippen LogP contribution in [0.2, 0.25) is 0 Å². The summed E-state index contributed by atoms with van der Waals surface area (Å²) in [6.45, 7) is 3.83. The Morgan fingerprint density at radius 3 is 2.50 bits per heavy atom. The van der Waals surface area contributed by atoms with Crippen LogP contribution in [-0.4, -0.2) is 70.2 Å². The van der Waals surface area contributed by atoms with Gasteiger partial charge in [-0.2, -0.15) is 30.0 Å². The third-order valence-corrected chi connectivity index (χ3v) is 8.81. The average Bonchev–Trinajstić information content (AvgIpc) is 3.44. The number of halogens is 4. The number of benzene rings is 3. The zero-order valence-corrected chi connectivity index (χ0v) is 28.1. The first-order valence-corrected chi connectivity index (χ1v) is 16.4. The van der Waals surface area contributed by atoms with Gasteiger partial charge in [-0.15, -0.1) is 0 Å². The third kappa shape index (κ3) is 8.04. The number of hydrogen-bond acceptors (Lipinski definition) is 7. The fourth-order valence-corrected chi connectivity index (χ4v) is 6.17. The highest BCUT2D eigenvalue weighted by Crippen LogP contribution is 2.44. The molecule has 0 aliphatic rings. The Bertz CT molecular complexity index is 1800. The van der Waals surface area contributed by atoms with Gasteiger partial charge in [0, 0.05) is 22.2 Å². The molecule has 0 radical (unpaired) electrons. The zero-order chi connectivity index (χ0) is 35.4. The van der Waals surface area contributed by atoms with Crippen molar-refractivity contribution in [3.63, 3.8) is 0 Å². The molecule has 4 rings (SSSR count). The second-order valence-electron chi connectivity index (χ2n) is 12.4. The van der Waals surface area contributed by atoms with Crippen LogP contribution in [0.4, 0.5) is 23.2 Å². The number of ether oxygens (including phenoxy) is 1. The maximum absolute atomic E-state index is 14.5. The van der Waals surface area contributed by atoms with Crippen LogP contribution in [0.3, 0.4) is 0 Å². The van der Waals surface area contributed by atoms with Gasteiger partial charge in [0.05, 0.1) is 31.1 Å². The van der Waals surface area contributed by atoms with E-state index in [1.807, 2.05) is 6.26 Å². The highest BCUT2D eigenvalue weighted by atomic mass is 32.2. The first kappa shape index (κ1) is 36.5. The number of amides is 2. The number of nitrogens with zero attached hydrogens (tertiary/aromatic N) is 2. The monoisotopic (exact) mass is 689 g/mol. The predicted octanol–water partition coefficient (Wildman–Crippen LogP) is 5.89. The smallest absolute Gasteiger partial charge is 0.418 e. The summed E-state index contributed by atoms with van der Waals surface area (Å²) >= 11 is 1.52. The second-order valence-corrected chi connectivity index (χ2v) is 13.3. The summed E-state index contributed by atoms with van der Waals surface area (Å²) in [5, 5.41) is 21.6. The van der Waals surface area contributed by atoms with Gasteiger partial charge in [0.25, 0.3) is 5.91 Å². The van der Waals surface area contributed by atoms with Crippen molar-refractivity contribution in [2.24, 2.45) is 5.73 Å². The maximum Gasteiger partial charge on any atom is 0.418 e. The zero-order valence-electron chi connectivity index (χ0n) is 27.2. The molecular weight excluding hydrogens is 650 g/mol. The number of aliphatic hydroxyl groups is 1. The number of nitrogens with two attached hydrogens (primary N) is 1. The lowest BCUT2D eigenvalue weighted by Crippen LogP contribution is -2.53. The van der Waals surface area contributed by atoms with Crippen LogP contribution in [0.1, 0.15) is 48.2 Å². The molecule has 2 atom stereocenters. The number of aryl methyl sites for hydroxylation is 1. The van der Waals surface area contributed by atoms with Gasteiger partial charge in [0.15, 0.2) is 5.60 Å². The SMILES string of the molecule is COc1ccc(F)cc1C(C)(C)CC(O)(CNc1cc(C)cc2c1cnn2-c1cccc(C(=O)N[C@@H](CCSC)C(N)=O)c1)C(F)(F)F. The number of hydrogen-bond donors (Lipinski definition) is 4. The largest absolute Gasteiger partial charge is 0.496 e. The number of primary amides is 1. The van der Waals surface area contributed by atoms with Crippen molar-refractivity contribution < 1.29 is 37.0 Å². The van der Waals surface area contributed by atoms with E-state index in [9.17, 15) is 32.3 Å². The van der Waals surface area contributed by atoms with Gasteiger partial charge in [-0.25, -0.2) is 9.07 Å². The molecule has 0 aliphatic carbocycles. The molecule has 4 aromatic rings. The van der Waals surface area contributed by atoms with E-state index in [2.05, 4.69) is 15.7 Å². The van der Waals surface area contributed by atoms with Gasteiger partial charge >= 0.3 is 6.18 Å². The van der Waals surface area contributed by atoms with E-state index in [4.69, 9.17) is 10.5 Å². The average molecular weight is 690 g/mol. The minimum absolute atomic E-state index is 0.188. The number of aromatic nitrogens is 2. The Labute approximate surface area is 280 Å². The van der Waals surface area contributed by atoms with Crippen molar-refractivity contribution in [3.05, 3.63) is 83.3 Å². The predicted molar refractivity (Wildman–Crippen MR) is 179 cm³/mol. The minimum atomic E-state index is -5.05. The number of anilines is 1. The molecule has 9 nitrogen and oxygen atoms in total. The van der Waals surface area contributed by atoms with Crippen LogP contribution in [0.15, 0.2) is 60.8 Å². The van der Waals surface area contributed by atoms with Crippen LogP contribution in [0, 0.1) is 12.7 Å². The number of methoxy groups -OCH3 is 1. The van der Waals surface area contributed by atoms with E-state index in [0.29, 0.717) is 40.0 Å². The maximum atomic E-state index is 14.5. The molecule has 0 aliphatic heterocycles. The molecule has 1 heterocycles. The van der Waals surface area contributed by atoms with Crippen molar-refractivity contribution in [1.82, 2.24) is 15.1 Å². The van der Waals surface area contributed by atoms with Gasteiger partial charge in [-0.3, -0.25) is 9.59 Å². The molecule has 0 spiro atoms. The van der Waals surface area contributed by atoms with E-state index in [1.165, 1.54) is 45.0 Å². The highest BCUT2D eigenvalue weighted by Gasteiger charge is 2.56. The summed E-state index contributed by atoms with van der Waals surface area (Å²) in [5.74, 6) is -0.947. The fourth-order valence-electron chi connectivity index (χ4n) is 5.70. The molecule has 3 aromatic carbocycles. The normalized spacial score (nSPS) is 14.0. The van der Waals surface area contributed by atoms with E-state index >= 15 is 0 Å². The van der Waals surface area contributed by atoms with Crippen molar-refractivity contribution in [2.45, 2.75) is 56.8 Å². The van der Waals surface area contributed by atoms with Gasteiger partial charge < -0.3 is 26.2 Å². The summed E-state index contributed by atoms with van der Waals surface area (Å²) in [6.07, 6.45) is -2.11. The number of alkyl halides is 3. The molecule has 48 heavy (non-hydrogen) atoms. The summed E-state index contributed by atoms with van der Waals surface area (Å²) < 4.78 is 64.6. The van der Waals surface area contributed by atoms with Crippen LogP contribution in [-0.2, 0) is 10.2 Å². The van der Waals surface area contributed by atoms with E-state index in [0.717, 1.165) is 12.1 Å². The number of fused-ring (bicyclic) bond motifs is 1. The second kappa shape index (κ2) is 14.4. The molecule has 0 bridgehead atoms. The summed E-state index contributed by atoms with van der Waals surface area (Å²) in [4.78, 5) is 24.9. The summed E-state index contributed by atoms with van der Waals surface area (Å²) in [7, 11) is 1.34. The lowest BCUT2D eigenvalue weighted by Gasteiger charge is -2.38. The molecule has 2 amide bonds. The molecule has 258 valence electrons. The number of carbonyl (C=O) groups excluding carboxylic acids is 2. The van der Waals surface area contributed by atoms with E-state index in [1.54, 1.807) is 48.0 Å². The van der Waals surface area contributed by atoms with E-state index in [-0.39, 0.29) is 16.9 Å². The lowest BCUT2D eigenvalue weighted by atomic mass is 9.74. The Morgan fingerprint density at radius 1 is 1.12 bits per heavy atom. The van der Waals surface area contributed by atoms with Crippen molar-refractivity contribution >= 4 is 40.2 Å². The molecule has 1 aromatic heterocycles. The summed E-state index contributed by atoms with van der Waals surface area (Å²) in [6, 6.07) is 12.7. The molecular formula is C34H39F4N5O4S. The fraction of sp³-hybridized carbons (Fsp3) is 0.382. The number of rotatable bonds is 14. The Kier molecular flexibility index (Phi) is 11.0. The Balaban J connectivity index is 1.63. The molecule has 0 saturated carbocycles. The topological polar surface area (TPSA) is 132 Å². The van der Waals surface area contributed by atoms with Crippen LogP contribution >= 0.6 is 11.8 Å². The molecule has 5 N–H and O–H groups in total. The minimum Gasteiger partial charge on any atom is -0.496 e. The third-order valence-electron chi connectivity index (χ3n) is 8.17. The van der Waals surface area contributed by atoms with Gasteiger partial charge in [-0.1, -0.05) is 19.9 Å². The van der Waals surface area contributed by atoms with Crippen molar-refractivity contribution in [2.75, 3.05) is 31.0 Å². The molecule has 0 saturated heterocycles. The molecule has 0 fully saturated rings. The number of thioether (sulfide) groups is 1. The first-order valence-electron chi connectivity index (χ1n) is 15.0. The Hall–Kier alpha value is -4.30. The van der Waals surface area contributed by atoms with Crippen molar-refractivity contribution in [3.8, 4) is 11.4 Å². The highest BCUT2D eigenvalue weighted by molar-refractivity contribution is 7.98. The standard InChI is InChI=1S/C34H39F4N5O4S/c1-20-13-27(40-19-33(46,34(36,37)38)18-32(2,3)25-16-22(35)9-10-29(25)47-4)24-17-41-43(28(24)14-20)23-8-6-7-21(15-23)31(45)42-26(30(39)44)11-12-48-5/h6-10,13-17,26,40,46H,11-12,18-19H2,1-5H3,(H2,39,44)(H,42,45)/t26-,33?/m0/s1. The number of carbonyl (C=O) groups is 2. The van der Waals surface area contributed by atoms with Crippen LogP contribution in [0.5, 0.6) is 5.75 Å². The quantitative estimate of drug-likeness (QED) is 0.122. The van der Waals surface area contributed by atoms with Crippen molar-refractivity contribution in [1.29, 1.82) is 0 Å². The van der Waals surface area contributed by atoms with Gasteiger partial charge in [0.2, 0.25) is 5.91 Å². The Morgan fingerprint density at radius 2 is 1.85 bits per heavy atom. The molecule has 1 unspecified atom stereocenters.